The molecule has 0 bridgehead atoms. The molecule has 0 unspecified atom stereocenters. The highest BCUT2D eigenvalue weighted by Gasteiger charge is 2.10. The number of carbonyl (C=O) groups excluding carboxylic acids is 3. The molecule has 1 amide bonds. The first kappa shape index (κ1) is 11.1. The highest BCUT2D eigenvalue weighted by molar-refractivity contribution is 6.09. The minimum Gasteiger partial charge on any atom is -0.366 e. The van der Waals surface area contributed by atoms with Crippen LogP contribution in [-0.4, -0.2) is 17.5 Å². The summed E-state index contributed by atoms with van der Waals surface area (Å²) in [5.74, 6) is -1.30. The summed E-state index contributed by atoms with van der Waals surface area (Å²) in [7, 11) is 0. The zero-order chi connectivity index (χ0) is 11.3. The van der Waals surface area contributed by atoms with Crippen LogP contribution in [0.2, 0.25) is 0 Å². The predicted octanol–water partition coefficient (Wildman–Crippen LogP) is 0.443. The number of nitrogens with two attached hydrogens (primary N) is 1. The van der Waals surface area contributed by atoms with E-state index in [1.54, 1.807) is 12.2 Å². The van der Waals surface area contributed by atoms with E-state index in [4.69, 9.17) is 5.73 Å². The van der Waals surface area contributed by atoms with Gasteiger partial charge >= 0.3 is 0 Å². The second-order valence-electron chi connectivity index (χ2n) is 3.12. The van der Waals surface area contributed by atoms with E-state index in [2.05, 4.69) is 0 Å². The SMILES string of the molecule is NC(=O)C1=CC(=O)C=CCC=CC(=O)C1. The van der Waals surface area contributed by atoms with E-state index >= 15 is 0 Å². The molecular formula is C11H11NO3. The fourth-order valence-electron chi connectivity index (χ4n) is 1.14. The molecule has 2 N–H and O–H groups in total. The van der Waals surface area contributed by atoms with Crippen LogP contribution in [0.5, 0.6) is 0 Å². The van der Waals surface area contributed by atoms with Crippen LogP contribution in [0.15, 0.2) is 36.0 Å². The van der Waals surface area contributed by atoms with E-state index in [0.717, 1.165) is 6.08 Å². The van der Waals surface area contributed by atoms with Crippen LogP contribution < -0.4 is 5.73 Å². The lowest BCUT2D eigenvalue weighted by Gasteiger charge is -2.00. The fourth-order valence-corrected chi connectivity index (χ4v) is 1.14. The van der Waals surface area contributed by atoms with E-state index < -0.39 is 5.91 Å². The monoisotopic (exact) mass is 205 g/mol. The Morgan fingerprint density at radius 3 is 2.53 bits per heavy atom. The van der Waals surface area contributed by atoms with Gasteiger partial charge in [-0.1, -0.05) is 12.2 Å². The standard InChI is InChI=1S/C11H11NO3/c12-11(15)8-6-9(13)4-2-1-3-5-10(14)7-8/h2-6H,1,7H2,(H2,12,15). The van der Waals surface area contributed by atoms with Crippen LogP contribution in [0, 0.1) is 0 Å². The minimum atomic E-state index is -0.737. The molecule has 78 valence electrons. The Labute approximate surface area is 87.1 Å². The third kappa shape index (κ3) is 3.72. The normalized spacial score (nSPS) is 17.5. The molecule has 0 saturated carbocycles. The average molecular weight is 205 g/mol. The molecule has 0 radical (unpaired) electrons. The Bertz CT molecular complexity index is 389. The number of hydrogen-bond acceptors (Lipinski definition) is 3. The van der Waals surface area contributed by atoms with Gasteiger partial charge in [0.2, 0.25) is 5.91 Å². The van der Waals surface area contributed by atoms with Gasteiger partial charge in [-0.2, -0.15) is 0 Å². The number of hydrogen-bond donors (Lipinski definition) is 1. The smallest absolute Gasteiger partial charge is 0.245 e. The van der Waals surface area contributed by atoms with Crippen molar-refractivity contribution in [1.82, 2.24) is 0 Å². The second kappa shape index (κ2) is 5.05. The molecule has 0 aromatic carbocycles. The maximum atomic E-state index is 11.3. The van der Waals surface area contributed by atoms with Crippen molar-refractivity contribution in [3.63, 3.8) is 0 Å². The molecule has 1 aliphatic carbocycles. The number of ketones is 2. The summed E-state index contributed by atoms with van der Waals surface area (Å²) in [4.78, 5) is 33.4. The highest BCUT2D eigenvalue weighted by atomic mass is 16.1. The topological polar surface area (TPSA) is 77.2 Å². The summed E-state index contributed by atoms with van der Waals surface area (Å²) in [6.07, 6.45) is 7.50. The van der Waals surface area contributed by atoms with Gasteiger partial charge in [-0.3, -0.25) is 14.4 Å². The molecule has 0 fully saturated rings. The van der Waals surface area contributed by atoms with E-state index in [-0.39, 0.29) is 23.6 Å². The van der Waals surface area contributed by atoms with Crippen LogP contribution in [0.1, 0.15) is 12.8 Å². The molecule has 1 aliphatic rings. The molecule has 0 atom stereocenters. The lowest BCUT2D eigenvalue weighted by molar-refractivity contribution is -0.118. The average Bonchev–Trinajstić information content (AvgIpc) is 2.16. The summed E-state index contributed by atoms with van der Waals surface area (Å²) in [5, 5.41) is 0. The number of rotatable bonds is 1. The third-order valence-electron chi connectivity index (χ3n) is 1.86. The van der Waals surface area contributed by atoms with Gasteiger partial charge in [0, 0.05) is 12.0 Å². The molecule has 15 heavy (non-hydrogen) atoms. The van der Waals surface area contributed by atoms with Crippen molar-refractivity contribution >= 4 is 17.5 Å². The van der Waals surface area contributed by atoms with Gasteiger partial charge in [0.05, 0.1) is 0 Å². The van der Waals surface area contributed by atoms with Crippen LogP contribution in [0.4, 0.5) is 0 Å². The van der Waals surface area contributed by atoms with Crippen LogP contribution in [0.3, 0.4) is 0 Å². The molecule has 0 aromatic rings. The van der Waals surface area contributed by atoms with Gasteiger partial charge in [0.25, 0.3) is 0 Å². The molecule has 0 saturated heterocycles. The van der Waals surface area contributed by atoms with Crippen molar-refractivity contribution in [2.75, 3.05) is 0 Å². The number of carbonyl (C=O) groups is 3. The van der Waals surface area contributed by atoms with Crippen LogP contribution >= 0.6 is 0 Å². The van der Waals surface area contributed by atoms with Crippen molar-refractivity contribution in [3.8, 4) is 0 Å². The van der Waals surface area contributed by atoms with Crippen molar-refractivity contribution in [1.29, 1.82) is 0 Å². The van der Waals surface area contributed by atoms with E-state index in [1.165, 1.54) is 12.2 Å². The Morgan fingerprint density at radius 1 is 1.20 bits per heavy atom. The van der Waals surface area contributed by atoms with Gasteiger partial charge in [-0.25, -0.2) is 0 Å². The summed E-state index contributed by atoms with van der Waals surface area (Å²) in [6.45, 7) is 0. The quantitative estimate of drug-likeness (QED) is 0.674. The largest absolute Gasteiger partial charge is 0.366 e. The van der Waals surface area contributed by atoms with Crippen LogP contribution in [-0.2, 0) is 14.4 Å². The highest BCUT2D eigenvalue weighted by Crippen LogP contribution is 2.05. The van der Waals surface area contributed by atoms with Crippen LogP contribution in [0.25, 0.3) is 0 Å². The van der Waals surface area contributed by atoms with Gasteiger partial charge < -0.3 is 5.73 Å². The summed E-state index contributed by atoms with van der Waals surface area (Å²) < 4.78 is 0. The first-order chi connectivity index (χ1) is 7.09. The summed E-state index contributed by atoms with van der Waals surface area (Å²) >= 11 is 0. The maximum absolute atomic E-state index is 11.3. The predicted molar refractivity (Wildman–Crippen MR) is 54.8 cm³/mol. The van der Waals surface area contributed by atoms with Gasteiger partial charge in [0.15, 0.2) is 11.6 Å². The Kier molecular flexibility index (Phi) is 3.74. The molecule has 0 aliphatic heterocycles. The Morgan fingerprint density at radius 2 is 1.87 bits per heavy atom. The van der Waals surface area contributed by atoms with Gasteiger partial charge in [-0.15, -0.1) is 0 Å². The molecule has 4 nitrogen and oxygen atoms in total. The summed E-state index contributed by atoms with van der Waals surface area (Å²) in [5.41, 5.74) is 5.09. The van der Waals surface area contributed by atoms with E-state index in [0.29, 0.717) is 6.42 Å². The van der Waals surface area contributed by atoms with Crippen molar-refractivity contribution in [2.45, 2.75) is 12.8 Å². The molecule has 0 heterocycles. The number of amides is 1. The first-order valence-corrected chi connectivity index (χ1v) is 4.50. The number of allylic oxidation sites excluding steroid dienone is 5. The Hall–Kier alpha value is -1.97. The fraction of sp³-hybridized carbons (Fsp3) is 0.182. The molecule has 4 heteroatoms. The third-order valence-corrected chi connectivity index (χ3v) is 1.86. The molecule has 0 aromatic heterocycles. The first-order valence-electron chi connectivity index (χ1n) is 4.50. The lowest BCUT2D eigenvalue weighted by Crippen LogP contribution is -2.17. The Balaban J connectivity index is 3.00. The molecule has 1 rings (SSSR count). The molecular weight excluding hydrogens is 194 g/mol. The molecule has 0 spiro atoms. The lowest BCUT2D eigenvalue weighted by atomic mass is 10.1. The zero-order valence-corrected chi connectivity index (χ0v) is 8.10. The van der Waals surface area contributed by atoms with Crippen molar-refractivity contribution in [3.05, 3.63) is 36.0 Å². The maximum Gasteiger partial charge on any atom is 0.245 e. The zero-order valence-electron chi connectivity index (χ0n) is 8.10. The summed E-state index contributed by atoms with van der Waals surface area (Å²) in [6, 6.07) is 0. The van der Waals surface area contributed by atoms with Crippen molar-refractivity contribution in [2.24, 2.45) is 5.73 Å². The minimum absolute atomic E-state index is 0.0428. The van der Waals surface area contributed by atoms with E-state index in [1.807, 2.05) is 0 Å². The van der Waals surface area contributed by atoms with Gasteiger partial charge in [-0.05, 0) is 24.6 Å². The second-order valence-corrected chi connectivity index (χ2v) is 3.12. The number of primary amides is 1. The van der Waals surface area contributed by atoms with E-state index in [9.17, 15) is 14.4 Å². The van der Waals surface area contributed by atoms with Crippen molar-refractivity contribution < 1.29 is 14.4 Å². The van der Waals surface area contributed by atoms with Gasteiger partial charge in [0.1, 0.15) is 0 Å².